The molecule has 5 heteroatoms. The Morgan fingerprint density at radius 3 is 2.48 bits per heavy atom. The number of hydrogen-bond acceptors (Lipinski definition) is 4. The Balaban J connectivity index is 1.79. The van der Waals surface area contributed by atoms with Gasteiger partial charge in [0.15, 0.2) is 10.9 Å². The van der Waals surface area contributed by atoms with Crippen LogP contribution in [0.15, 0.2) is 29.4 Å². The van der Waals surface area contributed by atoms with Gasteiger partial charge in [-0.15, -0.1) is 0 Å². The quantitative estimate of drug-likeness (QED) is 0.539. The van der Waals surface area contributed by atoms with E-state index in [9.17, 15) is 4.79 Å². The topological polar surface area (TPSA) is 44.1 Å². The maximum absolute atomic E-state index is 12.8. The summed E-state index contributed by atoms with van der Waals surface area (Å²) in [4.78, 5) is 17.5. The van der Waals surface area contributed by atoms with Crippen molar-refractivity contribution in [3.63, 3.8) is 0 Å². The smallest absolute Gasteiger partial charge is 0.175 e. The van der Waals surface area contributed by atoms with E-state index < -0.39 is 0 Å². The van der Waals surface area contributed by atoms with E-state index in [1.54, 1.807) is 18.9 Å². The number of aromatic nitrogens is 2. The van der Waals surface area contributed by atoms with E-state index in [4.69, 9.17) is 9.72 Å². The average Bonchev–Trinajstić information content (AvgIpc) is 3.23. The van der Waals surface area contributed by atoms with Crippen LogP contribution in [0.1, 0.15) is 60.4 Å². The van der Waals surface area contributed by atoms with Crippen LogP contribution in [0, 0.1) is 13.8 Å². The fraction of sp³-hybridized carbons (Fsp3) is 0.500. The number of methoxy groups -OCH3 is 1. The van der Waals surface area contributed by atoms with Gasteiger partial charge in [0.25, 0.3) is 0 Å². The van der Waals surface area contributed by atoms with Crippen LogP contribution in [0.5, 0.6) is 5.75 Å². The van der Waals surface area contributed by atoms with E-state index in [1.807, 2.05) is 31.2 Å². The van der Waals surface area contributed by atoms with Gasteiger partial charge in [-0.2, -0.15) is 0 Å². The second-order valence-corrected chi connectivity index (χ2v) is 8.03. The molecule has 0 aliphatic heterocycles. The zero-order valence-electron chi connectivity index (χ0n) is 15.4. The molecule has 0 unspecified atom stereocenters. The van der Waals surface area contributed by atoms with Crippen molar-refractivity contribution in [3.8, 4) is 5.75 Å². The van der Waals surface area contributed by atoms with E-state index in [0.717, 1.165) is 16.6 Å². The van der Waals surface area contributed by atoms with Crippen molar-refractivity contribution in [2.75, 3.05) is 7.11 Å². The summed E-state index contributed by atoms with van der Waals surface area (Å²) in [5.74, 6) is 0.892. The number of Topliss-reactive ketones (excluding diaryl/α,β-unsaturated/α-hetero) is 1. The van der Waals surface area contributed by atoms with Crippen LogP contribution in [0.4, 0.5) is 0 Å². The number of carbonyl (C=O) groups excluding carboxylic acids is 1. The number of ether oxygens (including phenoxy) is 1. The lowest BCUT2D eigenvalue weighted by Crippen LogP contribution is -2.16. The molecule has 134 valence electrons. The molecule has 1 atom stereocenters. The second kappa shape index (κ2) is 7.65. The fourth-order valence-corrected chi connectivity index (χ4v) is 4.62. The first kappa shape index (κ1) is 18.1. The number of hydrogen-bond donors (Lipinski definition) is 0. The molecule has 1 fully saturated rings. The number of aryl methyl sites for hydroxylation is 1. The zero-order valence-corrected chi connectivity index (χ0v) is 16.2. The third-order valence-electron chi connectivity index (χ3n) is 5.07. The molecule has 1 saturated carbocycles. The molecule has 0 amide bonds. The van der Waals surface area contributed by atoms with Crippen LogP contribution in [0.2, 0.25) is 0 Å². The molecular formula is C20H26N2O2S. The van der Waals surface area contributed by atoms with Gasteiger partial charge < -0.3 is 9.30 Å². The summed E-state index contributed by atoms with van der Waals surface area (Å²) in [6, 6.07) is 7.86. The summed E-state index contributed by atoms with van der Waals surface area (Å²) in [5.41, 5.74) is 3.02. The molecule has 1 aliphatic rings. The van der Waals surface area contributed by atoms with Gasteiger partial charge in [-0.25, -0.2) is 4.98 Å². The van der Waals surface area contributed by atoms with Crippen LogP contribution in [0.3, 0.4) is 0 Å². The van der Waals surface area contributed by atoms with Gasteiger partial charge in [-0.05, 0) is 57.9 Å². The number of rotatable bonds is 6. The minimum Gasteiger partial charge on any atom is -0.497 e. The molecule has 25 heavy (non-hydrogen) atoms. The van der Waals surface area contributed by atoms with Crippen molar-refractivity contribution in [2.45, 2.75) is 62.9 Å². The van der Waals surface area contributed by atoms with Gasteiger partial charge in [0.05, 0.1) is 18.1 Å². The minimum absolute atomic E-state index is 0.129. The van der Waals surface area contributed by atoms with Gasteiger partial charge >= 0.3 is 0 Å². The Morgan fingerprint density at radius 1 is 1.24 bits per heavy atom. The largest absolute Gasteiger partial charge is 0.497 e. The van der Waals surface area contributed by atoms with E-state index >= 15 is 0 Å². The lowest BCUT2D eigenvalue weighted by molar-refractivity contribution is 0.0993. The standard InChI is InChI=1S/C20H26N2O2S/c1-13-14(2)22(17-7-5-6-8-17)20(21-13)25-15(3)19(23)16-9-11-18(24-4)12-10-16/h9-12,15,17H,5-8H2,1-4H3/t15-/m1/s1. The summed E-state index contributed by atoms with van der Waals surface area (Å²) in [7, 11) is 1.63. The second-order valence-electron chi connectivity index (χ2n) is 6.73. The molecule has 0 bridgehead atoms. The average molecular weight is 359 g/mol. The molecule has 1 aromatic carbocycles. The van der Waals surface area contributed by atoms with E-state index in [-0.39, 0.29) is 11.0 Å². The predicted molar refractivity (Wildman–Crippen MR) is 102 cm³/mol. The van der Waals surface area contributed by atoms with Gasteiger partial charge in [0.1, 0.15) is 5.75 Å². The third kappa shape index (κ3) is 3.76. The lowest BCUT2D eigenvalue weighted by atomic mass is 10.1. The van der Waals surface area contributed by atoms with Crippen molar-refractivity contribution < 1.29 is 9.53 Å². The molecule has 1 heterocycles. The summed E-state index contributed by atoms with van der Waals surface area (Å²) < 4.78 is 7.53. The van der Waals surface area contributed by atoms with Crippen molar-refractivity contribution >= 4 is 17.5 Å². The van der Waals surface area contributed by atoms with Crippen molar-refractivity contribution in [2.24, 2.45) is 0 Å². The molecule has 0 spiro atoms. The summed E-state index contributed by atoms with van der Waals surface area (Å²) >= 11 is 1.58. The maximum atomic E-state index is 12.8. The number of ketones is 1. The van der Waals surface area contributed by atoms with Gasteiger partial charge in [0.2, 0.25) is 0 Å². The molecule has 0 N–H and O–H groups in total. The number of nitrogens with zero attached hydrogens (tertiary/aromatic N) is 2. The van der Waals surface area contributed by atoms with Crippen molar-refractivity contribution in [1.82, 2.24) is 9.55 Å². The monoisotopic (exact) mass is 358 g/mol. The summed E-state index contributed by atoms with van der Waals surface area (Å²) in [6.45, 7) is 6.16. The SMILES string of the molecule is COc1ccc(C(=O)[C@@H](C)Sc2nc(C)c(C)n2C2CCCC2)cc1. The highest BCUT2D eigenvalue weighted by atomic mass is 32.2. The van der Waals surface area contributed by atoms with E-state index in [1.165, 1.54) is 31.4 Å². The first-order valence-electron chi connectivity index (χ1n) is 8.91. The maximum Gasteiger partial charge on any atom is 0.175 e. The molecule has 1 aliphatic carbocycles. The normalized spacial score (nSPS) is 16.2. The number of carbonyl (C=O) groups is 1. The van der Waals surface area contributed by atoms with Crippen molar-refractivity contribution in [3.05, 3.63) is 41.2 Å². The lowest BCUT2D eigenvalue weighted by Gasteiger charge is -2.18. The van der Waals surface area contributed by atoms with Crippen molar-refractivity contribution in [1.29, 1.82) is 0 Å². The molecular weight excluding hydrogens is 332 g/mol. The Labute approximate surface area is 154 Å². The Bertz CT molecular complexity index is 746. The fourth-order valence-electron chi connectivity index (χ4n) is 3.47. The number of benzene rings is 1. The highest BCUT2D eigenvalue weighted by molar-refractivity contribution is 8.00. The molecule has 4 nitrogen and oxygen atoms in total. The van der Waals surface area contributed by atoms with Crippen LogP contribution >= 0.6 is 11.8 Å². The number of imidazole rings is 1. The third-order valence-corrected chi connectivity index (χ3v) is 6.14. The zero-order chi connectivity index (χ0) is 18.0. The van der Waals surface area contributed by atoms with Crippen LogP contribution < -0.4 is 4.74 Å². The highest BCUT2D eigenvalue weighted by Crippen LogP contribution is 2.36. The molecule has 2 aromatic rings. The molecule has 1 aromatic heterocycles. The minimum atomic E-state index is -0.172. The van der Waals surface area contributed by atoms with Crippen LogP contribution in [0.25, 0.3) is 0 Å². The summed E-state index contributed by atoms with van der Waals surface area (Å²) in [5, 5.41) is 0.811. The van der Waals surface area contributed by atoms with Gasteiger partial charge in [-0.1, -0.05) is 24.6 Å². The van der Waals surface area contributed by atoms with Gasteiger partial charge in [0, 0.05) is 17.3 Å². The Hall–Kier alpha value is -1.75. The highest BCUT2D eigenvalue weighted by Gasteiger charge is 2.26. The Morgan fingerprint density at radius 2 is 1.88 bits per heavy atom. The molecule has 3 rings (SSSR count). The van der Waals surface area contributed by atoms with Crippen LogP contribution in [-0.4, -0.2) is 27.7 Å². The predicted octanol–water partition coefficient (Wildman–Crippen LogP) is 4.99. The molecule has 0 saturated heterocycles. The van der Waals surface area contributed by atoms with E-state index in [2.05, 4.69) is 18.4 Å². The summed E-state index contributed by atoms with van der Waals surface area (Å²) in [6.07, 6.45) is 4.99. The van der Waals surface area contributed by atoms with Crippen LogP contribution in [-0.2, 0) is 0 Å². The first-order chi connectivity index (χ1) is 12.0. The Kier molecular flexibility index (Phi) is 5.52. The van der Waals surface area contributed by atoms with Gasteiger partial charge in [-0.3, -0.25) is 4.79 Å². The number of thioether (sulfide) groups is 1. The molecule has 0 radical (unpaired) electrons. The first-order valence-corrected chi connectivity index (χ1v) is 9.79. The van der Waals surface area contributed by atoms with E-state index in [0.29, 0.717) is 11.6 Å².